The minimum atomic E-state index is 0.631. The zero-order valence-corrected chi connectivity index (χ0v) is 23.3. The van der Waals surface area contributed by atoms with E-state index in [0.29, 0.717) is 12.1 Å². The first-order valence-corrected chi connectivity index (χ1v) is 15.1. The Morgan fingerprint density at radius 2 is 1.00 bits per heavy atom. The topological polar surface area (TPSA) is 14.2 Å². The second-order valence-corrected chi connectivity index (χ2v) is 11.6. The van der Waals surface area contributed by atoms with E-state index >= 15 is 0 Å². The van der Waals surface area contributed by atoms with Crippen molar-refractivity contribution < 1.29 is 9.13 Å². The van der Waals surface area contributed by atoms with Gasteiger partial charge in [0.05, 0.1) is 0 Å². The molecule has 4 heteroatoms. The lowest BCUT2D eigenvalue weighted by Crippen LogP contribution is -2.34. The molecule has 0 N–H and O–H groups in total. The van der Waals surface area contributed by atoms with Gasteiger partial charge in [-0.1, -0.05) is 38.5 Å². The van der Waals surface area contributed by atoms with Gasteiger partial charge in [-0.3, -0.25) is 9.80 Å². The molecule has 2 saturated heterocycles. The predicted molar refractivity (Wildman–Crippen MR) is 149 cm³/mol. The van der Waals surface area contributed by atoms with Crippen molar-refractivity contribution in [2.45, 2.75) is 115 Å². The highest BCUT2D eigenvalue weighted by Crippen LogP contribution is 2.30. The number of likely N-dealkylation sites (tertiary alicyclic amines) is 2. The van der Waals surface area contributed by atoms with Gasteiger partial charge in [0, 0.05) is 48.2 Å². The first-order valence-electron chi connectivity index (χ1n) is 15.1. The monoisotopic (exact) mass is 492 g/mol. The largest absolute Gasteiger partial charge is 0.299 e. The van der Waals surface area contributed by atoms with E-state index < -0.39 is 0 Å². The van der Waals surface area contributed by atoms with Crippen molar-refractivity contribution in [1.29, 1.82) is 0 Å². The van der Waals surface area contributed by atoms with Crippen molar-refractivity contribution in [1.82, 2.24) is 9.80 Å². The molecule has 2 fully saturated rings. The van der Waals surface area contributed by atoms with Gasteiger partial charge in [-0.25, -0.2) is 9.13 Å². The fourth-order valence-electron chi connectivity index (χ4n) is 6.42. The van der Waals surface area contributed by atoms with Gasteiger partial charge < -0.3 is 0 Å². The molecule has 4 nitrogen and oxygen atoms in total. The van der Waals surface area contributed by atoms with Crippen molar-refractivity contribution in [3.05, 3.63) is 60.2 Å². The molecule has 2 atom stereocenters. The van der Waals surface area contributed by atoms with Crippen LogP contribution in [0.5, 0.6) is 0 Å². The van der Waals surface area contributed by atoms with Gasteiger partial charge in [0.25, 0.3) is 0 Å². The van der Waals surface area contributed by atoms with Gasteiger partial charge >= 0.3 is 0 Å². The summed E-state index contributed by atoms with van der Waals surface area (Å²) in [6.45, 7) is 4.82. The zero-order chi connectivity index (χ0) is 25.0. The Morgan fingerprint density at radius 3 is 1.36 bits per heavy atom. The molecule has 2 aliphatic rings. The maximum absolute atomic E-state index is 2.51. The molecule has 0 aliphatic carbocycles. The van der Waals surface area contributed by atoms with E-state index in [0.717, 1.165) is 0 Å². The molecule has 36 heavy (non-hydrogen) atoms. The third-order valence-electron chi connectivity index (χ3n) is 8.66. The van der Waals surface area contributed by atoms with Crippen molar-refractivity contribution in [3.63, 3.8) is 0 Å². The highest BCUT2D eigenvalue weighted by atomic mass is 15.2. The van der Waals surface area contributed by atoms with Crippen LogP contribution in [0, 0.1) is 0 Å². The summed E-state index contributed by atoms with van der Waals surface area (Å²) in [6, 6.07) is 10.4. The highest BCUT2D eigenvalue weighted by molar-refractivity contribution is 5.13. The predicted octanol–water partition coefficient (Wildman–Crippen LogP) is 6.40. The van der Waals surface area contributed by atoms with Crippen LogP contribution < -0.4 is 9.13 Å². The van der Waals surface area contributed by atoms with Crippen LogP contribution in [0.1, 0.15) is 113 Å². The molecule has 0 amide bonds. The fourth-order valence-corrected chi connectivity index (χ4v) is 6.42. The van der Waals surface area contributed by atoms with Crippen LogP contribution in [0.3, 0.4) is 0 Å². The second kappa shape index (κ2) is 14.8. The smallest absolute Gasteiger partial charge is 0.173 e. The number of rotatable bonds is 15. The number of nitrogens with zero attached hydrogens (tertiary/aromatic N) is 4. The summed E-state index contributed by atoms with van der Waals surface area (Å²) in [5, 5.41) is 0. The normalized spacial score (nSPS) is 20.9. The molecule has 0 bridgehead atoms. The Balaban J connectivity index is 0.986. The molecular weight excluding hydrogens is 440 g/mol. The van der Waals surface area contributed by atoms with E-state index in [-0.39, 0.29) is 0 Å². The standard InChI is InChI=1S/C32H52N4/c1-33-21-15-19-31(33)29-17-13-25-35(27-29)23-11-9-7-5-3-4-6-8-10-12-24-36-26-14-18-30(28-36)32-20-16-22-34(32)2/h13-14,17-18,25-28,31-32H,3-12,15-16,19-24H2,1-2H3/q+2/t31-,32-/m0/s1. The van der Waals surface area contributed by atoms with Crippen LogP contribution >= 0.6 is 0 Å². The molecule has 0 unspecified atom stereocenters. The summed E-state index contributed by atoms with van der Waals surface area (Å²) >= 11 is 0. The van der Waals surface area contributed by atoms with Gasteiger partial charge in [-0.05, 0) is 77.8 Å². The Labute approximate surface area is 221 Å². The van der Waals surface area contributed by atoms with Gasteiger partial charge in [0.1, 0.15) is 13.1 Å². The summed E-state index contributed by atoms with van der Waals surface area (Å²) in [6.07, 6.45) is 28.4. The quantitative estimate of drug-likeness (QED) is 0.211. The van der Waals surface area contributed by atoms with Crippen molar-refractivity contribution >= 4 is 0 Å². The van der Waals surface area contributed by atoms with Crippen LogP contribution in [-0.2, 0) is 13.1 Å². The number of aryl methyl sites for hydroxylation is 2. The zero-order valence-electron chi connectivity index (χ0n) is 23.3. The minimum absolute atomic E-state index is 0.631. The molecule has 0 saturated carbocycles. The maximum atomic E-state index is 2.51. The van der Waals surface area contributed by atoms with Crippen LogP contribution in [-0.4, -0.2) is 37.0 Å². The molecule has 2 aromatic rings. The molecule has 0 radical (unpaired) electrons. The molecule has 4 rings (SSSR count). The molecular formula is C32H52N4+2. The molecule has 4 heterocycles. The maximum Gasteiger partial charge on any atom is 0.173 e. The number of pyridine rings is 2. The van der Waals surface area contributed by atoms with Gasteiger partial charge in [-0.15, -0.1) is 0 Å². The van der Waals surface area contributed by atoms with E-state index in [1.807, 2.05) is 0 Å². The summed E-state index contributed by atoms with van der Waals surface area (Å²) in [4.78, 5) is 5.01. The van der Waals surface area contributed by atoms with Gasteiger partial charge in [-0.2, -0.15) is 0 Å². The van der Waals surface area contributed by atoms with Crippen LogP contribution in [0.4, 0.5) is 0 Å². The summed E-state index contributed by atoms with van der Waals surface area (Å²) in [7, 11) is 4.54. The lowest BCUT2D eigenvalue weighted by Gasteiger charge is -2.18. The van der Waals surface area contributed by atoms with Crippen LogP contribution in [0.15, 0.2) is 49.1 Å². The van der Waals surface area contributed by atoms with Crippen molar-refractivity contribution in [3.8, 4) is 0 Å². The number of aromatic nitrogens is 2. The number of hydrogen-bond acceptors (Lipinski definition) is 2. The third kappa shape index (κ3) is 8.38. The molecule has 2 aromatic heterocycles. The van der Waals surface area contributed by atoms with E-state index in [9.17, 15) is 0 Å². The Kier molecular flexibility index (Phi) is 11.2. The van der Waals surface area contributed by atoms with Crippen molar-refractivity contribution in [2.75, 3.05) is 27.2 Å². The lowest BCUT2D eigenvalue weighted by atomic mass is 10.1. The Bertz CT molecular complexity index is 824. The van der Waals surface area contributed by atoms with E-state index in [1.54, 1.807) is 0 Å². The SMILES string of the molecule is CN1CCC[C@H]1c1ccc[n+](CCCCCCCCCCCC[n+]2cccc([C@@H]3CCCN3C)c2)c1. The van der Waals surface area contributed by atoms with Gasteiger partial charge in [0.2, 0.25) is 0 Å². The summed E-state index contributed by atoms with van der Waals surface area (Å²) in [5.74, 6) is 0. The highest BCUT2D eigenvalue weighted by Gasteiger charge is 2.25. The number of unbranched alkanes of at least 4 members (excludes halogenated alkanes) is 9. The average molecular weight is 493 g/mol. The molecule has 0 aromatic carbocycles. The fraction of sp³-hybridized carbons (Fsp3) is 0.688. The first kappa shape index (κ1) is 27.3. The van der Waals surface area contributed by atoms with Crippen molar-refractivity contribution in [2.24, 2.45) is 0 Å². The summed E-state index contributed by atoms with van der Waals surface area (Å²) < 4.78 is 4.84. The summed E-state index contributed by atoms with van der Waals surface area (Å²) in [5.41, 5.74) is 3.00. The second-order valence-electron chi connectivity index (χ2n) is 11.6. The number of hydrogen-bond donors (Lipinski definition) is 0. The van der Waals surface area contributed by atoms with Crippen LogP contribution in [0.2, 0.25) is 0 Å². The minimum Gasteiger partial charge on any atom is -0.299 e. The lowest BCUT2D eigenvalue weighted by molar-refractivity contribution is -0.698. The van der Waals surface area contributed by atoms with E-state index in [1.165, 1.54) is 127 Å². The Hall–Kier alpha value is -1.78. The molecule has 198 valence electrons. The Morgan fingerprint density at radius 1 is 0.611 bits per heavy atom. The van der Waals surface area contributed by atoms with Gasteiger partial charge in [0.15, 0.2) is 24.8 Å². The average Bonchev–Trinajstić information content (AvgIpc) is 3.53. The van der Waals surface area contributed by atoms with Crippen LogP contribution in [0.25, 0.3) is 0 Å². The third-order valence-corrected chi connectivity index (χ3v) is 8.66. The molecule has 0 spiro atoms. The van der Waals surface area contributed by atoms with E-state index in [2.05, 4.69) is 82.1 Å². The first-order chi connectivity index (χ1) is 17.7. The molecule has 2 aliphatic heterocycles. The van der Waals surface area contributed by atoms with E-state index in [4.69, 9.17) is 0 Å².